The maximum Gasteiger partial charge on any atom is 0.325 e. The molecule has 0 heterocycles. The standard InChI is InChI=1S/C8H16N2O3S/c1-5(4-14-3)9-8(13)10-6(2)7(11)12/h5-6H,4H2,1-3H3,(H,11,12)(H2,9,10,13)/t5?,6-/m1/s1. The Morgan fingerprint density at radius 3 is 2.36 bits per heavy atom. The van der Waals surface area contributed by atoms with Gasteiger partial charge in [-0.2, -0.15) is 11.8 Å². The molecule has 0 radical (unpaired) electrons. The van der Waals surface area contributed by atoms with Gasteiger partial charge in [0, 0.05) is 11.8 Å². The highest BCUT2D eigenvalue weighted by Gasteiger charge is 2.14. The molecule has 2 atom stereocenters. The van der Waals surface area contributed by atoms with Crippen molar-refractivity contribution in [3.05, 3.63) is 0 Å². The van der Waals surface area contributed by atoms with Crippen molar-refractivity contribution in [3.63, 3.8) is 0 Å². The van der Waals surface area contributed by atoms with E-state index in [1.807, 2.05) is 13.2 Å². The molecule has 0 aliphatic rings. The minimum Gasteiger partial charge on any atom is -0.480 e. The zero-order chi connectivity index (χ0) is 11.1. The Hall–Kier alpha value is -0.910. The molecule has 0 aromatic heterocycles. The van der Waals surface area contributed by atoms with Crippen molar-refractivity contribution in [2.75, 3.05) is 12.0 Å². The van der Waals surface area contributed by atoms with Crippen molar-refractivity contribution < 1.29 is 14.7 Å². The molecule has 0 rings (SSSR count). The van der Waals surface area contributed by atoms with Crippen LogP contribution in [0.4, 0.5) is 4.79 Å². The van der Waals surface area contributed by atoms with Crippen LogP contribution in [0.15, 0.2) is 0 Å². The van der Waals surface area contributed by atoms with Crippen LogP contribution >= 0.6 is 11.8 Å². The number of aliphatic carboxylic acids is 1. The van der Waals surface area contributed by atoms with Crippen LogP contribution in [0.3, 0.4) is 0 Å². The summed E-state index contributed by atoms with van der Waals surface area (Å²) in [6.45, 7) is 3.28. The summed E-state index contributed by atoms with van der Waals surface area (Å²) in [5, 5.41) is 13.5. The van der Waals surface area contributed by atoms with E-state index in [0.717, 1.165) is 5.75 Å². The Kier molecular flexibility index (Phi) is 6.11. The molecule has 1 unspecified atom stereocenters. The number of carboxylic acid groups (broad SMARTS) is 1. The number of hydrogen-bond donors (Lipinski definition) is 3. The predicted molar refractivity (Wildman–Crippen MR) is 56.6 cm³/mol. The maximum absolute atomic E-state index is 11.1. The molecule has 82 valence electrons. The van der Waals surface area contributed by atoms with E-state index in [-0.39, 0.29) is 6.04 Å². The Morgan fingerprint density at radius 2 is 1.93 bits per heavy atom. The van der Waals surface area contributed by atoms with Crippen LogP contribution in [0.1, 0.15) is 13.8 Å². The Morgan fingerprint density at radius 1 is 1.36 bits per heavy atom. The largest absolute Gasteiger partial charge is 0.480 e. The van der Waals surface area contributed by atoms with Gasteiger partial charge in [-0.1, -0.05) is 0 Å². The van der Waals surface area contributed by atoms with Gasteiger partial charge in [0.2, 0.25) is 0 Å². The number of nitrogens with one attached hydrogen (secondary N) is 2. The van der Waals surface area contributed by atoms with Gasteiger partial charge in [0.05, 0.1) is 0 Å². The molecule has 3 N–H and O–H groups in total. The average Bonchev–Trinajstić information content (AvgIpc) is 2.03. The van der Waals surface area contributed by atoms with Crippen molar-refractivity contribution in [2.45, 2.75) is 25.9 Å². The van der Waals surface area contributed by atoms with E-state index in [1.54, 1.807) is 11.8 Å². The molecule has 0 bridgehead atoms. The second-order valence-corrected chi connectivity index (χ2v) is 3.94. The summed E-state index contributed by atoms with van der Waals surface area (Å²) >= 11 is 1.62. The first-order valence-electron chi connectivity index (χ1n) is 4.26. The molecule has 0 aromatic rings. The number of carboxylic acids is 1. The predicted octanol–water partition coefficient (Wildman–Crippen LogP) is 0.510. The minimum absolute atomic E-state index is 0.0333. The highest BCUT2D eigenvalue weighted by molar-refractivity contribution is 7.98. The summed E-state index contributed by atoms with van der Waals surface area (Å²) < 4.78 is 0. The van der Waals surface area contributed by atoms with Gasteiger partial charge in [-0.05, 0) is 20.1 Å². The van der Waals surface area contributed by atoms with Gasteiger partial charge in [-0.3, -0.25) is 4.79 Å². The smallest absolute Gasteiger partial charge is 0.325 e. The second kappa shape index (κ2) is 6.53. The summed E-state index contributed by atoms with van der Waals surface area (Å²) in [7, 11) is 0. The number of carbonyl (C=O) groups excluding carboxylic acids is 1. The number of thioether (sulfide) groups is 1. The summed E-state index contributed by atoms with van der Waals surface area (Å²) in [5.41, 5.74) is 0. The van der Waals surface area contributed by atoms with Gasteiger partial charge in [0.25, 0.3) is 0 Å². The molecular formula is C8H16N2O3S. The van der Waals surface area contributed by atoms with E-state index in [1.165, 1.54) is 6.92 Å². The fourth-order valence-electron chi connectivity index (χ4n) is 0.816. The molecule has 6 heteroatoms. The van der Waals surface area contributed by atoms with Gasteiger partial charge in [-0.15, -0.1) is 0 Å². The molecule has 0 saturated heterocycles. The fraction of sp³-hybridized carbons (Fsp3) is 0.750. The first-order chi connectivity index (χ1) is 6.47. The van der Waals surface area contributed by atoms with Crippen molar-refractivity contribution in [2.24, 2.45) is 0 Å². The highest BCUT2D eigenvalue weighted by atomic mass is 32.2. The van der Waals surface area contributed by atoms with E-state index in [2.05, 4.69) is 10.6 Å². The van der Waals surface area contributed by atoms with Crippen LogP contribution in [0.5, 0.6) is 0 Å². The molecule has 0 spiro atoms. The van der Waals surface area contributed by atoms with Gasteiger partial charge in [0.1, 0.15) is 6.04 Å². The summed E-state index contributed by atoms with van der Waals surface area (Å²) in [6, 6.07) is -1.27. The molecule has 0 saturated carbocycles. The normalized spacial score (nSPS) is 14.2. The molecule has 5 nitrogen and oxygen atoms in total. The molecular weight excluding hydrogens is 204 g/mol. The van der Waals surface area contributed by atoms with Crippen molar-refractivity contribution in [1.82, 2.24) is 10.6 Å². The SMILES string of the molecule is CSCC(C)NC(=O)N[C@H](C)C(=O)O. The van der Waals surface area contributed by atoms with E-state index < -0.39 is 18.0 Å². The van der Waals surface area contributed by atoms with Crippen LogP contribution in [0.2, 0.25) is 0 Å². The topological polar surface area (TPSA) is 78.4 Å². The molecule has 14 heavy (non-hydrogen) atoms. The number of amides is 2. The minimum atomic E-state index is -1.04. The molecule has 0 fully saturated rings. The Labute approximate surface area is 87.6 Å². The first kappa shape index (κ1) is 13.1. The van der Waals surface area contributed by atoms with Crippen molar-refractivity contribution in [3.8, 4) is 0 Å². The second-order valence-electron chi connectivity index (χ2n) is 3.03. The average molecular weight is 220 g/mol. The zero-order valence-electron chi connectivity index (χ0n) is 8.53. The lowest BCUT2D eigenvalue weighted by atomic mass is 10.3. The van der Waals surface area contributed by atoms with Crippen molar-refractivity contribution >= 4 is 23.8 Å². The van der Waals surface area contributed by atoms with E-state index >= 15 is 0 Å². The monoisotopic (exact) mass is 220 g/mol. The Bertz CT molecular complexity index is 211. The molecule has 0 aliphatic carbocycles. The zero-order valence-corrected chi connectivity index (χ0v) is 9.35. The number of urea groups is 1. The quantitative estimate of drug-likeness (QED) is 0.631. The lowest BCUT2D eigenvalue weighted by molar-refractivity contribution is -0.138. The van der Waals surface area contributed by atoms with Crippen LogP contribution in [0, 0.1) is 0 Å². The number of hydrogen-bond acceptors (Lipinski definition) is 3. The molecule has 0 aliphatic heterocycles. The van der Waals surface area contributed by atoms with E-state index in [0.29, 0.717) is 0 Å². The lowest BCUT2D eigenvalue weighted by Crippen LogP contribution is -2.47. The van der Waals surface area contributed by atoms with Gasteiger partial charge < -0.3 is 15.7 Å². The van der Waals surface area contributed by atoms with Gasteiger partial charge in [-0.25, -0.2) is 4.79 Å². The van der Waals surface area contributed by atoms with Crippen LogP contribution < -0.4 is 10.6 Å². The van der Waals surface area contributed by atoms with Crippen molar-refractivity contribution in [1.29, 1.82) is 0 Å². The summed E-state index contributed by atoms with van der Waals surface area (Å²) in [5.74, 6) is -0.243. The first-order valence-corrected chi connectivity index (χ1v) is 5.65. The maximum atomic E-state index is 11.1. The van der Waals surface area contributed by atoms with Gasteiger partial charge in [0.15, 0.2) is 0 Å². The molecule has 0 aromatic carbocycles. The van der Waals surface area contributed by atoms with Crippen LogP contribution in [0.25, 0.3) is 0 Å². The fourth-order valence-corrected chi connectivity index (χ4v) is 1.40. The summed E-state index contributed by atoms with van der Waals surface area (Å²) in [6.07, 6.45) is 1.94. The van der Waals surface area contributed by atoms with E-state index in [9.17, 15) is 9.59 Å². The third-order valence-electron chi connectivity index (χ3n) is 1.51. The van der Waals surface area contributed by atoms with Crippen LogP contribution in [-0.4, -0.2) is 41.2 Å². The number of rotatable bonds is 5. The Balaban J connectivity index is 3.80. The summed E-state index contributed by atoms with van der Waals surface area (Å²) in [4.78, 5) is 21.5. The number of carbonyl (C=O) groups is 2. The van der Waals surface area contributed by atoms with Crippen LogP contribution in [-0.2, 0) is 4.79 Å². The third-order valence-corrected chi connectivity index (χ3v) is 2.35. The van der Waals surface area contributed by atoms with Gasteiger partial charge >= 0.3 is 12.0 Å². The third kappa shape index (κ3) is 5.69. The molecule has 2 amide bonds. The lowest BCUT2D eigenvalue weighted by Gasteiger charge is -2.15. The van der Waals surface area contributed by atoms with E-state index in [4.69, 9.17) is 5.11 Å². The highest BCUT2D eigenvalue weighted by Crippen LogP contribution is 1.95.